The molecule has 0 unspecified atom stereocenters. The Bertz CT molecular complexity index is 755. The lowest BCUT2D eigenvalue weighted by Crippen LogP contribution is -2.10. The van der Waals surface area contributed by atoms with Crippen LogP contribution in [0.4, 0.5) is 5.69 Å². The first-order valence-electron chi connectivity index (χ1n) is 7.74. The van der Waals surface area contributed by atoms with E-state index in [9.17, 15) is 4.79 Å². The van der Waals surface area contributed by atoms with Crippen LogP contribution in [0.1, 0.15) is 22.3 Å². The van der Waals surface area contributed by atoms with E-state index in [-0.39, 0.29) is 5.91 Å². The van der Waals surface area contributed by atoms with Crippen LogP contribution >= 0.6 is 0 Å². The van der Waals surface area contributed by atoms with Gasteiger partial charge in [-0.2, -0.15) is 0 Å². The minimum absolute atomic E-state index is 0.185. The highest BCUT2D eigenvalue weighted by molar-refractivity contribution is 6.03. The first-order chi connectivity index (χ1) is 11.5. The molecule has 0 atom stereocenters. The van der Waals surface area contributed by atoms with E-state index in [1.807, 2.05) is 39.0 Å². The molecule has 0 saturated heterocycles. The molecule has 126 valence electrons. The van der Waals surface area contributed by atoms with Crippen molar-refractivity contribution in [1.29, 1.82) is 0 Å². The van der Waals surface area contributed by atoms with E-state index in [0.29, 0.717) is 11.5 Å². The van der Waals surface area contributed by atoms with Gasteiger partial charge in [0.25, 0.3) is 0 Å². The topological polar surface area (TPSA) is 47.6 Å². The summed E-state index contributed by atoms with van der Waals surface area (Å²) in [5.41, 5.74) is 4.92. The van der Waals surface area contributed by atoms with Crippen molar-refractivity contribution in [2.24, 2.45) is 0 Å². The third-order valence-corrected chi connectivity index (χ3v) is 3.77. The van der Waals surface area contributed by atoms with Crippen LogP contribution < -0.4 is 14.8 Å². The molecule has 0 aromatic heterocycles. The van der Waals surface area contributed by atoms with Crippen molar-refractivity contribution in [3.05, 3.63) is 58.7 Å². The number of para-hydroxylation sites is 1. The lowest BCUT2D eigenvalue weighted by Gasteiger charge is -2.12. The van der Waals surface area contributed by atoms with E-state index in [4.69, 9.17) is 9.47 Å². The summed E-state index contributed by atoms with van der Waals surface area (Å²) in [6, 6.07) is 9.64. The molecule has 0 aliphatic rings. The summed E-state index contributed by atoms with van der Waals surface area (Å²) in [5.74, 6) is 1.05. The SMILES string of the molecule is COc1cccc(/C=C/C(=O)Nc2c(C)cc(C)cc2C)c1OC. The molecule has 2 rings (SSSR count). The molecule has 0 aliphatic heterocycles. The van der Waals surface area contributed by atoms with Gasteiger partial charge in [0, 0.05) is 17.3 Å². The Kier molecular flexibility index (Phi) is 5.64. The quantitative estimate of drug-likeness (QED) is 0.835. The summed E-state index contributed by atoms with van der Waals surface area (Å²) in [5, 5.41) is 2.94. The summed E-state index contributed by atoms with van der Waals surface area (Å²) in [4.78, 5) is 12.3. The van der Waals surface area contributed by atoms with Crippen molar-refractivity contribution in [1.82, 2.24) is 0 Å². The number of benzene rings is 2. The molecule has 0 fully saturated rings. The maximum atomic E-state index is 12.3. The van der Waals surface area contributed by atoms with Crippen molar-refractivity contribution in [3.63, 3.8) is 0 Å². The predicted molar refractivity (Wildman–Crippen MR) is 97.9 cm³/mol. The highest BCUT2D eigenvalue weighted by Crippen LogP contribution is 2.31. The van der Waals surface area contributed by atoms with Gasteiger partial charge in [-0.05, 0) is 44.0 Å². The maximum Gasteiger partial charge on any atom is 0.248 e. The zero-order valence-electron chi connectivity index (χ0n) is 14.8. The molecule has 0 radical (unpaired) electrons. The first-order valence-corrected chi connectivity index (χ1v) is 7.74. The summed E-state index contributed by atoms with van der Waals surface area (Å²) in [6.45, 7) is 6.02. The van der Waals surface area contributed by atoms with Gasteiger partial charge >= 0.3 is 0 Å². The van der Waals surface area contributed by atoms with Crippen molar-refractivity contribution < 1.29 is 14.3 Å². The summed E-state index contributed by atoms with van der Waals surface area (Å²) in [7, 11) is 3.16. The van der Waals surface area contributed by atoms with E-state index in [1.165, 1.54) is 11.6 Å². The smallest absolute Gasteiger partial charge is 0.248 e. The van der Waals surface area contributed by atoms with Crippen LogP contribution in [0.3, 0.4) is 0 Å². The molecule has 0 saturated carbocycles. The normalized spacial score (nSPS) is 10.7. The number of hydrogen-bond donors (Lipinski definition) is 1. The predicted octanol–water partition coefficient (Wildman–Crippen LogP) is 4.28. The minimum Gasteiger partial charge on any atom is -0.493 e. The van der Waals surface area contributed by atoms with Crippen LogP contribution in [0, 0.1) is 20.8 Å². The number of hydrogen-bond acceptors (Lipinski definition) is 3. The zero-order valence-corrected chi connectivity index (χ0v) is 14.8. The summed E-state index contributed by atoms with van der Waals surface area (Å²) in [6.07, 6.45) is 3.21. The van der Waals surface area contributed by atoms with E-state index < -0.39 is 0 Å². The number of rotatable bonds is 5. The summed E-state index contributed by atoms with van der Waals surface area (Å²) >= 11 is 0. The molecule has 0 heterocycles. The van der Waals surface area contributed by atoms with Crippen molar-refractivity contribution in [2.75, 3.05) is 19.5 Å². The van der Waals surface area contributed by atoms with Gasteiger partial charge < -0.3 is 14.8 Å². The van der Waals surface area contributed by atoms with Crippen LogP contribution in [0.15, 0.2) is 36.4 Å². The standard InChI is InChI=1S/C20H23NO3/c1-13-11-14(2)19(15(3)12-13)21-18(22)10-9-16-7-6-8-17(23-4)20(16)24-5/h6-12H,1-5H3,(H,21,22)/b10-9+. The average Bonchev–Trinajstić information content (AvgIpc) is 2.55. The van der Waals surface area contributed by atoms with Crippen LogP contribution in [0.5, 0.6) is 11.5 Å². The zero-order chi connectivity index (χ0) is 17.7. The third-order valence-electron chi connectivity index (χ3n) is 3.77. The van der Waals surface area contributed by atoms with Gasteiger partial charge in [-0.15, -0.1) is 0 Å². The number of ether oxygens (including phenoxy) is 2. The van der Waals surface area contributed by atoms with Gasteiger partial charge in [0.05, 0.1) is 14.2 Å². The summed E-state index contributed by atoms with van der Waals surface area (Å²) < 4.78 is 10.6. The van der Waals surface area contributed by atoms with Gasteiger partial charge in [0.1, 0.15) is 0 Å². The number of nitrogens with one attached hydrogen (secondary N) is 1. The fraction of sp³-hybridized carbons (Fsp3) is 0.250. The van der Waals surface area contributed by atoms with Crippen LogP contribution in [-0.2, 0) is 4.79 Å². The second-order valence-corrected chi connectivity index (χ2v) is 5.68. The van der Waals surface area contributed by atoms with E-state index in [0.717, 1.165) is 22.4 Å². The molecule has 0 bridgehead atoms. The molecule has 0 spiro atoms. The Hall–Kier alpha value is -2.75. The van der Waals surface area contributed by atoms with Crippen LogP contribution in [0.25, 0.3) is 6.08 Å². The van der Waals surface area contributed by atoms with Gasteiger partial charge in [0.15, 0.2) is 11.5 Å². The van der Waals surface area contributed by atoms with Gasteiger partial charge in [-0.1, -0.05) is 29.8 Å². The van der Waals surface area contributed by atoms with Gasteiger partial charge in [-0.3, -0.25) is 4.79 Å². The molecule has 1 amide bonds. The second kappa shape index (κ2) is 7.68. The monoisotopic (exact) mass is 325 g/mol. The van der Waals surface area contributed by atoms with E-state index >= 15 is 0 Å². The highest BCUT2D eigenvalue weighted by atomic mass is 16.5. The molecule has 2 aromatic rings. The fourth-order valence-electron chi connectivity index (χ4n) is 2.75. The van der Waals surface area contributed by atoms with E-state index in [1.54, 1.807) is 20.3 Å². The third kappa shape index (κ3) is 3.96. The molecule has 1 N–H and O–H groups in total. The molecule has 2 aromatic carbocycles. The Balaban J connectivity index is 2.20. The maximum absolute atomic E-state index is 12.3. The Morgan fingerprint density at radius 1 is 1.04 bits per heavy atom. The average molecular weight is 325 g/mol. The number of anilines is 1. The van der Waals surface area contributed by atoms with Crippen molar-refractivity contribution >= 4 is 17.7 Å². The number of methoxy groups -OCH3 is 2. The molecule has 0 aliphatic carbocycles. The molecule has 24 heavy (non-hydrogen) atoms. The first kappa shape index (κ1) is 17.6. The molecule has 4 nitrogen and oxygen atoms in total. The number of carbonyl (C=O) groups excluding carboxylic acids is 1. The molecular formula is C20H23NO3. The number of carbonyl (C=O) groups is 1. The second-order valence-electron chi connectivity index (χ2n) is 5.68. The Labute approximate surface area is 143 Å². The van der Waals surface area contributed by atoms with Crippen molar-refractivity contribution in [2.45, 2.75) is 20.8 Å². The molecule has 4 heteroatoms. The Morgan fingerprint density at radius 2 is 1.71 bits per heavy atom. The largest absolute Gasteiger partial charge is 0.493 e. The number of amides is 1. The van der Waals surface area contributed by atoms with Crippen LogP contribution in [-0.4, -0.2) is 20.1 Å². The van der Waals surface area contributed by atoms with Gasteiger partial charge in [-0.25, -0.2) is 0 Å². The highest BCUT2D eigenvalue weighted by Gasteiger charge is 2.09. The fourth-order valence-corrected chi connectivity index (χ4v) is 2.75. The molecular weight excluding hydrogens is 302 g/mol. The number of aryl methyl sites for hydroxylation is 3. The van der Waals surface area contributed by atoms with E-state index in [2.05, 4.69) is 17.4 Å². The van der Waals surface area contributed by atoms with Crippen LogP contribution in [0.2, 0.25) is 0 Å². The lowest BCUT2D eigenvalue weighted by atomic mass is 10.1. The van der Waals surface area contributed by atoms with Gasteiger partial charge in [0.2, 0.25) is 5.91 Å². The Morgan fingerprint density at radius 3 is 2.29 bits per heavy atom. The minimum atomic E-state index is -0.185. The lowest BCUT2D eigenvalue weighted by molar-refractivity contribution is -0.111. The van der Waals surface area contributed by atoms with Crippen molar-refractivity contribution in [3.8, 4) is 11.5 Å².